The highest BCUT2D eigenvalue weighted by molar-refractivity contribution is 7.08. The minimum atomic E-state index is -0.511. The van der Waals surface area contributed by atoms with Crippen molar-refractivity contribution in [1.82, 2.24) is 10.6 Å². The molecule has 1 aromatic heterocycles. The summed E-state index contributed by atoms with van der Waals surface area (Å²) < 4.78 is 10.6. The molecule has 2 aromatic rings. The molecule has 2 amide bonds. The van der Waals surface area contributed by atoms with Crippen LogP contribution in [0.25, 0.3) is 0 Å². The largest absolute Gasteiger partial charge is 0.497 e. The maximum absolute atomic E-state index is 12.6. The molecule has 1 aliphatic heterocycles. The fourth-order valence-electron chi connectivity index (χ4n) is 2.60. The van der Waals surface area contributed by atoms with Gasteiger partial charge in [0.25, 0.3) is 0 Å². The van der Waals surface area contributed by atoms with E-state index in [4.69, 9.17) is 9.47 Å². The molecular formula is C18H18N2O4S. The summed E-state index contributed by atoms with van der Waals surface area (Å²) in [6.07, 6.45) is 0. The van der Waals surface area contributed by atoms with E-state index in [0.717, 1.165) is 16.9 Å². The van der Waals surface area contributed by atoms with Gasteiger partial charge in [0.1, 0.15) is 12.4 Å². The van der Waals surface area contributed by atoms with Crippen LogP contribution in [-0.4, -0.2) is 19.1 Å². The van der Waals surface area contributed by atoms with Crippen molar-refractivity contribution in [1.29, 1.82) is 0 Å². The van der Waals surface area contributed by atoms with E-state index in [-0.39, 0.29) is 12.6 Å². The molecule has 0 saturated heterocycles. The van der Waals surface area contributed by atoms with Gasteiger partial charge in [-0.15, -0.1) is 0 Å². The van der Waals surface area contributed by atoms with Crippen LogP contribution in [-0.2, 0) is 16.1 Å². The Bertz CT molecular complexity index is 797. The van der Waals surface area contributed by atoms with E-state index < -0.39 is 12.0 Å². The van der Waals surface area contributed by atoms with Crippen molar-refractivity contribution < 1.29 is 19.1 Å². The van der Waals surface area contributed by atoms with E-state index in [0.29, 0.717) is 11.3 Å². The number of urea groups is 1. The number of rotatable bonds is 5. The van der Waals surface area contributed by atoms with Gasteiger partial charge in [-0.05, 0) is 47.0 Å². The lowest BCUT2D eigenvalue weighted by molar-refractivity contribution is -0.140. The zero-order valence-electron chi connectivity index (χ0n) is 13.9. The van der Waals surface area contributed by atoms with Crippen molar-refractivity contribution in [2.45, 2.75) is 19.6 Å². The van der Waals surface area contributed by atoms with Crippen molar-refractivity contribution in [2.75, 3.05) is 7.11 Å². The fraction of sp³-hybridized carbons (Fsp3) is 0.222. The summed E-state index contributed by atoms with van der Waals surface area (Å²) in [5.41, 5.74) is 2.62. The van der Waals surface area contributed by atoms with E-state index in [9.17, 15) is 9.59 Å². The molecule has 1 atom stereocenters. The third kappa shape index (κ3) is 3.83. The smallest absolute Gasteiger partial charge is 0.338 e. The van der Waals surface area contributed by atoms with Crippen molar-refractivity contribution in [3.05, 3.63) is 63.5 Å². The first-order chi connectivity index (χ1) is 12.1. The van der Waals surface area contributed by atoms with Gasteiger partial charge in [-0.2, -0.15) is 11.3 Å². The Hall–Kier alpha value is -2.80. The Balaban J connectivity index is 1.76. The molecule has 2 heterocycles. The molecule has 0 radical (unpaired) electrons. The number of hydrogen-bond acceptors (Lipinski definition) is 5. The van der Waals surface area contributed by atoms with Gasteiger partial charge < -0.3 is 20.1 Å². The zero-order chi connectivity index (χ0) is 17.8. The van der Waals surface area contributed by atoms with Crippen molar-refractivity contribution >= 4 is 23.3 Å². The third-order valence-electron chi connectivity index (χ3n) is 3.89. The number of hydrogen-bond donors (Lipinski definition) is 2. The third-order valence-corrected chi connectivity index (χ3v) is 4.60. The summed E-state index contributed by atoms with van der Waals surface area (Å²) in [6, 6.07) is 8.33. The number of allylic oxidation sites excluding steroid dienone is 1. The number of methoxy groups -OCH3 is 1. The van der Waals surface area contributed by atoms with E-state index in [1.54, 1.807) is 14.0 Å². The summed E-state index contributed by atoms with van der Waals surface area (Å²) in [4.78, 5) is 24.4. The monoisotopic (exact) mass is 358 g/mol. The Morgan fingerprint density at radius 2 is 2.00 bits per heavy atom. The molecular weight excluding hydrogens is 340 g/mol. The predicted octanol–water partition coefficient (Wildman–Crippen LogP) is 3.13. The second kappa shape index (κ2) is 7.40. The fourth-order valence-corrected chi connectivity index (χ4v) is 3.29. The summed E-state index contributed by atoms with van der Waals surface area (Å²) in [5, 5.41) is 9.21. The van der Waals surface area contributed by atoms with Crippen molar-refractivity contribution in [3.63, 3.8) is 0 Å². The molecule has 130 valence electrons. The van der Waals surface area contributed by atoms with Crippen LogP contribution >= 0.6 is 11.3 Å². The second-order valence-corrected chi connectivity index (χ2v) is 6.33. The van der Waals surface area contributed by atoms with Gasteiger partial charge >= 0.3 is 12.0 Å². The van der Waals surface area contributed by atoms with Crippen LogP contribution in [0.1, 0.15) is 24.1 Å². The highest BCUT2D eigenvalue weighted by atomic mass is 32.1. The highest BCUT2D eigenvalue weighted by Gasteiger charge is 2.32. The number of esters is 1. The van der Waals surface area contributed by atoms with E-state index in [1.165, 1.54) is 11.3 Å². The summed E-state index contributed by atoms with van der Waals surface area (Å²) in [6.45, 7) is 1.84. The number of carbonyl (C=O) groups excluding carboxylic acids is 2. The van der Waals surface area contributed by atoms with Crippen LogP contribution in [0.3, 0.4) is 0 Å². The van der Waals surface area contributed by atoms with Gasteiger partial charge in [-0.25, -0.2) is 9.59 Å². The van der Waals surface area contributed by atoms with Crippen molar-refractivity contribution in [2.24, 2.45) is 0 Å². The molecule has 6 nitrogen and oxygen atoms in total. The Morgan fingerprint density at radius 1 is 1.24 bits per heavy atom. The molecule has 1 aromatic carbocycles. The first kappa shape index (κ1) is 17.0. The lowest BCUT2D eigenvalue weighted by Gasteiger charge is -2.27. The van der Waals surface area contributed by atoms with Crippen molar-refractivity contribution in [3.8, 4) is 5.75 Å². The lowest BCUT2D eigenvalue weighted by atomic mass is 9.98. The number of benzene rings is 1. The maximum atomic E-state index is 12.6. The molecule has 1 unspecified atom stereocenters. The molecule has 2 N–H and O–H groups in total. The lowest BCUT2D eigenvalue weighted by Crippen LogP contribution is -2.45. The van der Waals surface area contributed by atoms with Gasteiger partial charge in [-0.1, -0.05) is 12.1 Å². The highest BCUT2D eigenvalue weighted by Crippen LogP contribution is 2.29. The van der Waals surface area contributed by atoms with E-state index >= 15 is 0 Å². The van der Waals surface area contributed by atoms with Crippen LogP contribution in [0.4, 0.5) is 4.79 Å². The average Bonchev–Trinajstić information content (AvgIpc) is 3.14. The Morgan fingerprint density at radius 3 is 2.64 bits per heavy atom. The van der Waals surface area contributed by atoms with Crippen LogP contribution in [0.2, 0.25) is 0 Å². The molecule has 0 saturated carbocycles. The van der Waals surface area contributed by atoms with Gasteiger partial charge in [-0.3, -0.25) is 0 Å². The molecule has 3 rings (SSSR count). The number of nitrogens with one attached hydrogen (secondary N) is 2. The number of ether oxygens (including phenoxy) is 2. The molecule has 0 bridgehead atoms. The summed E-state index contributed by atoms with van der Waals surface area (Å²) >= 11 is 1.50. The van der Waals surface area contributed by atoms with Gasteiger partial charge in [0.2, 0.25) is 0 Å². The van der Waals surface area contributed by atoms with Crippen LogP contribution < -0.4 is 15.4 Å². The predicted molar refractivity (Wildman–Crippen MR) is 94.2 cm³/mol. The molecule has 1 aliphatic rings. The summed E-state index contributed by atoms with van der Waals surface area (Å²) in [5.74, 6) is 0.280. The van der Waals surface area contributed by atoms with Crippen LogP contribution in [0, 0.1) is 0 Å². The van der Waals surface area contributed by atoms with Gasteiger partial charge in [0.05, 0.1) is 18.7 Å². The number of amides is 2. The van der Waals surface area contributed by atoms with Crippen LogP contribution in [0.15, 0.2) is 52.4 Å². The maximum Gasteiger partial charge on any atom is 0.338 e. The molecule has 0 fully saturated rings. The minimum absolute atomic E-state index is 0.143. The second-order valence-electron chi connectivity index (χ2n) is 5.55. The van der Waals surface area contributed by atoms with E-state index in [1.807, 2.05) is 41.1 Å². The zero-order valence-corrected chi connectivity index (χ0v) is 14.7. The van der Waals surface area contributed by atoms with Gasteiger partial charge in [0.15, 0.2) is 0 Å². The molecule has 25 heavy (non-hydrogen) atoms. The number of thiophene rings is 1. The topological polar surface area (TPSA) is 76.7 Å². The normalized spacial score (nSPS) is 16.9. The number of carbonyl (C=O) groups is 2. The minimum Gasteiger partial charge on any atom is -0.497 e. The first-order valence-electron chi connectivity index (χ1n) is 7.69. The first-order valence-corrected chi connectivity index (χ1v) is 8.63. The Kier molecular flexibility index (Phi) is 5.04. The molecule has 7 heteroatoms. The van der Waals surface area contributed by atoms with Gasteiger partial charge in [0, 0.05) is 5.70 Å². The van der Waals surface area contributed by atoms with E-state index in [2.05, 4.69) is 10.6 Å². The molecule has 0 spiro atoms. The quantitative estimate of drug-likeness (QED) is 0.805. The summed E-state index contributed by atoms with van der Waals surface area (Å²) in [7, 11) is 1.60. The molecule has 0 aliphatic carbocycles. The Labute approximate surface area is 149 Å². The average molecular weight is 358 g/mol. The van der Waals surface area contributed by atoms with Crippen LogP contribution in [0.5, 0.6) is 5.75 Å². The standard InChI is InChI=1S/C18H18N2O4S/c1-11-15(16(20-18(22)19-11)13-7-8-25-10-13)17(21)24-9-12-3-5-14(23-2)6-4-12/h3-8,10,16H,9H2,1-2H3,(H2,19,20,22). The SMILES string of the molecule is COc1ccc(COC(=O)C2=C(C)NC(=O)NC2c2ccsc2)cc1.